The first kappa shape index (κ1) is 33.2. The molecule has 9 heterocycles. The fourth-order valence-corrected chi connectivity index (χ4v) is 9.67. The van der Waals surface area contributed by atoms with Crippen molar-refractivity contribution in [3.63, 3.8) is 0 Å². The number of thiol groups is 1. The summed E-state index contributed by atoms with van der Waals surface area (Å²) in [5, 5.41) is 0. The molecular formula is C26H28F2N8O7P2S3. The molecule has 15 nitrogen and oxygen atoms in total. The van der Waals surface area contributed by atoms with Crippen LogP contribution in [0.25, 0.3) is 22.3 Å². The van der Waals surface area contributed by atoms with E-state index >= 15 is 8.78 Å². The van der Waals surface area contributed by atoms with Gasteiger partial charge in [-0.1, -0.05) is 24.4 Å². The summed E-state index contributed by atoms with van der Waals surface area (Å²) in [6.07, 6.45) is 0.627. The number of aryl methyl sites for hydroxylation is 2. The highest BCUT2D eigenvalue weighted by molar-refractivity contribution is 8.60. The number of hydrogen-bond acceptors (Lipinski definition) is 14. The predicted octanol–water partition coefficient (Wildman–Crippen LogP) is 3.76. The van der Waals surface area contributed by atoms with Gasteiger partial charge in [0, 0.05) is 0 Å². The van der Waals surface area contributed by atoms with Crippen LogP contribution in [-0.2, 0) is 64.0 Å². The lowest BCUT2D eigenvalue weighted by atomic mass is 10.1. The molecular weight excluding hydrogens is 732 g/mol. The number of imidazole rings is 2. The Morgan fingerprint density at radius 2 is 1.25 bits per heavy atom. The molecule has 2 unspecified atom stereocenters. The van der Waals surface area contributed by atoms with Gasteiger partial charge in [-0.3, -0.25) is 13.7 Å². The van der Waals surface area contributed by atoms with Crippen molar-refractivity contribution in [2.24, 2.45) is 0 Å². The van der Waals surface area contributed by atoms with Crippen LogP contribution in [0.3, 0.4) is 0 Å². The normalized spacial score (nSPS) is 38.3. The number of allylic oxidation sites excluding steroid dienone is 2. The first-order chi connectivity index (χ1) is 23.1. The summed E-state index contributed by atoms with van der Waals surface area (Å²) in [5.41, 5.74) is -0.503. The van der Waals surface area contributed by atoms with Crippen LogP contribution in [0, 0.1) is 0 Å². The molecule has 256 valence electrons. The minimum absolute atomic E-state index is 0.340. The van der Waals surface area contributed by atoms with Gasteiger partial charge < -0.3 is 27.9 Å². The molecule has 4 aromatic rings. The van der Waals surface area contributed by atoms with Crippen LogP contribution >= 0.6 is 24.7 Å². The molecule has 3 saturated heterocycles. The third-order valence-electron chi connectivity index (χ3n) is 8.53. The maximum Gasteiger partial charge on any atom is 0.325 e. The number of hydrogen-bond donors (Lipinski definition) is 2. The minimum atomic E-state index is -4.18. The lowest BCUT2D eigenvalue weighted by Crippen LogP contribution is -2.37. The smallest absolute Gasteiger partial charge is 0.325 e. The average Bonchev–Trinajstić information content (AvgIpc) is 3.81. The van der Waals surface area contributed by atoms with Gasteiger partial charge in [-0.05, 0) is 49.3 Å². The average molecular weight is 761 g/mol. The zero-order chi connectivity index (χ0) is 33.2. The number of alkyl halides is 2. The van der Waals surface area contributed by atoms with E-state index in [-0.39, 0.29) is 6.61 Å². The summed E-state index contributed by atoms with van der Waals surface area (Å²) in [4.78, 5) is 37.6. The maximum atomic E-state index is 16.3. The fourth-order valence-electron chi connectivity index (χ4n) is 6.27. The van der Waals surface area contributed by atoms with Crippen molar-refractivity contribution < 1.29 is 41.2 Å². The van der Waals surface area contributed by atoms with Gasteiger partial charge in [-0.15, -0.1) is 0 Å². The molecule has 4 aromatic heterocycles. The first-order valence-electron chi connectivity index (χ1n) is 15.0. The molecule has 5 aliphatic heterocycles. The maximum absolute atomic E-state index is 16.3. The van der Waals surface area contributed by atoms with E-state index in [2.05, 4.69) is 42.2 Å². The van der Waals surface area contributed by atoms with Crippen molar-refractivity contribution in [3.05, 3.63) is 48.8 Å². The summed E-state index contributed by atoms with van der Waals surface area (Å²) in [5.74, 6) is 0. The van der Waals surface area contributed by atoms with Crippen molar-refractivity contribution >= 4 is 70.6 Å². The van der Waals surface area contributed by atoms with Gasteiger partial charge in [0.15, 0.2) is 36.1 Å². The Labute approximate surface area is 287 Å². The summed E-state index contributed by atoms with van der Waals surface area (Å²) in [7, 11) is 0. The van der Waals surface area contributed by atoms with Gasteiger partial charge in [-0.25, -0.2) is 38.7 Å². The molecule has 1 N–H and O–H groups in total. The number of fused-ring (bicyclic) bond motifs is 10. The molecule has 5 aliphatic rings. The van der Waals surface area contributed by atoms with Crippen LogP contribution in [0.15, 0.2) is 37.5 Å². The SMILES string of the molecule is OP1(=S)OC[C@H]2O[C@@H]3[C@H](F)[C@@H]2OP(=S)(S)OC[C@H]2O[C@H]([C@H](F)[C@@H]2O1)n1cnc2c(ncnc21)CC/C=C/CCc1ncnc2c1ncn23. The molecule has 0 aliphatic carbocycles. The fraction of sp³-hybridized carbons (Fsp3) is 0.538. The van der Waals surface area contributed by atoms with E-state index in [0.29, 0.717) is 59.4 Å². The van der Waals surface area contributed by atoms with E-state index in [1.165, 1.54) is 34.4 Å². The van der Waals surface area contributed by atoms with Gasteiger partial charge in [0.1, 0.15) is 48.1 Å². The summed E-state index contributed by atoms with van der Waals surface area (Å²) < 4.78 is 70.9. The largest absolute Gasteiger partial charge is 0.346 e. The monoisotopic (exact) mass is 760 g/mol. The first-order valence-corrected chi connectivity index (χ1v) is 21.3. The number of rotatable bonds is 0. The second kappa shape index (κ2) is 13.0. The molecule has 3 fully saturated rings. The summed E-state index contributed by atoms with van der Waals surface area (Å²) in [6.45, 7) is -5.05. The van der Waals surface area contributed by atoms with Crippen molar-refractivity contribution in [1.29, 1.82) is 0 Å². The van der Waals surface area contributed by atoms with Gasteiger partial charge in [-0.2, -0.15) is 0 Å². The topological polar surface area (TPSA) is 163 Å². The third kappa shape index (κ3) is 6.17. The molecule has 14 bridgehead atoms. The predicted molar refractivity (Wildman–Crippen MR) is 175 cm³/mol. The van der Waals surface area contributed by atoms with E-state index in [4.69, 9.17) is 51.2 Å². The van der Waals surface area contributed by atoms with Crippen molar-refractivity contribution in [3.8, 4) is 0 Å². The molecule has 10 atom stereocenters. The molecule has 0 spiro atoms. The standard InChI is InChI=1S/C26H28F2N8O7P2S3/c27-17-21-16-8-39-45(47,48)43-22-15(7-38-44(37,46)42-21)40-26(18(22)28)36-12-34-20-14(30-10-32-24(20)36)6-4-2-1-3-5-13-19-23(31-9-29-13)35(11-33-19)25(17)41-16/h1-2,9-12,15-18,21-22,25-26H,3-8H2,(H,37,46)(H,47,48)/b2-1+/t15-,16-,17-,18-,21-,22-,25-,26-,44?/m1/s1. The van der Waals surface area contributed by atoms with Gasteiger partial charge >= 0.3 is 6.72 Å². The number of halogens is 2. The van der Waals surface area contributed by atoms with Crippen LogP contribution in [-0.4, -0.2) is 93.9 Å². The molecule has 48 heavy (non-hydrogen) atoms. The van der Waals surface area contributed by atoms with E-state index in [9.17, 15) is 4.89 Å². The molecule has 22 heteroatoms. The molecule has 0 saturated carbocycles. The van der Waals surface area contributed by atoms with E-state index < -0.39 is 68.2 Å². The number of ether oxygens (including phenoxy) is 2. The van der Waals surface area contributed by atoms with Crippen molar-refractivity contribution in [1.82, 2.24) is 39.0 Å². The Kier molecular flexibility index (Phi) is 9.00. The Balaban J connectivity index is 1.21. The van der Waals surface area contributed by atoms with Crippen LogP contribution < -0.4 is 0 Å². The summed E-state index contributed by atoms with van der Waals surface area (Å²) >= 11 is 15.3. The highest BCUT2D eigenvalue weighted by Gasteiger charge is 2.53. The molecule has 0 aromatic carbocycles. The van der Waals surface area contributed by atoms with E-state index in [0.717, 1.165) is 0 Å². The second-order valence-electron chi connectivity index (χ2n) is 11.5. The summed E-state index contributed by atoms with van der Waals surface area (Å²) in [6, 6.07) is 0. The van der Waals surface area contributed by atoms with E-state index in [1.807, 2.05) is 12.2 Å². The van der Waals surface area contributed by atoms with Gasteiger partial charge in [0.25, 0.3) is 0 Å². The highest BCUT2D eigenvalue weighted by Crippen LogP contribution is 2.59. The molecule has 0 amide bonds. The Morgan fingerprint density at radius 1 is 0.750 bits per heavy atom. The van der Waals surface area contributed by atoms with Crippen LogP contribution in [0.1, 0.15) is 36.7 Å². The second-order valence-corrected chi connectivity index (χ2v) is 19.6. The van der Waals surface area contributed by atoms with Gasteiger partial charge in [0.2, 0.25) is 5.69 Å². The quantitative estimate of drug-likeness (QED) is 0.151. The van der Waals surface area contributed by atoms with Gasteiger partial charge in [0.05, 0.1) is 37.3 Å². The van der Waals surface area contributed by atoms with Crippen LogP contribution in [0.4, 0.5) is 8.78 Å². The lowest BCUT2D eigenvalue weighted by Gasteiger charge is -2.30. The zero-order valence-electron chi connectivity index (χ0n) is 24.7. The molecule has 0 radical (unpaired) electrons. The minimum Gasteiger partial charge on any atom is -0.346 e. The Morgan fingerprint density at radius 3 is 1.79 bits per heavy atom. The Hall–Kier alpha value is -1.93. The van der Waals surface area contributed by atoms with Crippen LogP contribution in [0.2, 0.25) is 0 Å². The number of aromatic nitrogens is 8. The third-order valence-corrected chi connectivity index (χ3v) is 12.3. The lowest BCUT2D eigenvalue weighted by molar-refractivity contribution is -0.0542. The van der Waals surface area contributed by atoms with Crippen molar-refractivity contribution in [2.45, 2.75) is 74.9 Å². The zero-order valence-corrected chi connectivity index (χ0v) is 29.0. The van der Waals surface area contributed by atoms with Crippen molar-refractivity contribution in [2.75, 3.05) is 13.2 Å². The number of nitrogens with zero attached hydrogens (tertiary/aromatic N) is 8. The highest BCUT2D eigenvalue weighted by atomic mass is 32.9. The van der Waals surface area contributed by atoms with E-state index in [1.54, 1.807) is 0 Å². The van der Waals surface area contributed by atoms with Crippen LogP contribution in [0.5, 0.6) is 0 Å². The molecule has 9 rings (SSSR count). The Bertz CT molecular complexity index is 1850.